The maximum Gasteiger partial charge on any atom is 0.373 e. The van der Waals surface area contributed by atoms with Crippen molar-refractivity contribution in [2.75, 3.05) is 0 Å². The molecule has 1 aliphatic heterocycles. The highest BCUT2D eigenvalue weighted by molar-refractivity contribution is 6.04. The summed E-state index contributed by atoms with van der Waals surface area (Å²) in [5.74, 6) is -1.13. The lowest BCUT2D eigenvalue weighted by Crippen LogP contribution is -2.34. The van der Waals surface area contributed by atoms with Gasteiger partial charge >= 0.3 is 11.9 Å². The first-order valence-corrected chi connectivity index (χ1v) is 4.72. The monoisotopic (exact) mass is 204 g/mol. The molecule has 0 N–H and O–H groups in total. The Kier molecular flexibility index (Phi) is 1.46. The van der Waals surface area contributed by atoms with Crippen molar-refractivity contribution in [1.29, 1.82) is 0 Å². The number of carbonyl (C=O) groups excluding carboxylic acids is 2. The van der Waals surface area contributed by atoms with E-state index < -0.39 is 17.4 Å². The van der Waals surface area contributed by atoms with Crippen molar-refractivity contribution in [3.8, 4) is 0 Å². The summed E-state index contributed by atoms with van der Waals surface area (Å²) in [6, 6.07) is 7.62. The number of hydrogen-bond donors (Lipinski definition) is 0. The van der Waals surface area contributed by atoms with Crippen LogP contribution in [0.4, 0.5) is 0 Å². The normalized spacial score (nSPS) is 21.3. The fourth-order valence-corrected chi connectivity index (χ4v) is 2.22. The van der Waals surface area contributed by atoms with Gasteiger partial charge in [0.2, 0.25) is 0 Å². The van der Waals surface area contributed by atoms with Crippen LogP contribution in [0.15, 0.2) is 24.3 Å². The van der Waals surface area contributed by atoms with Gasteiger partial charge in [-0.2, -0.15) is 0 Å². The molecule has 4 nitrogen and oxygen atoms in total. The largest absolute Gasteiger partial charge is 0.373 e. The lowest BCUT2D eigenvalue weighted by Gasteiger charge is -2.09. The Hall–Kier alpha value is -1.84. The van der Waals surface area contributed by atoms with Gasteiger partial charge in [0, 0.05) is 12.8 Å². The van der Waals surface area contributed by atoms with Crippen molar-refractivity contribution in [2.45, 2.75) is 12.8 Å². The molecule has 0 amide bonds. The molecule has 0 bridgehead atoms. The Bertz CT molecular complexity index is 420. The van der Waals surface area contributed by atoms with Crippen LogP contribution in [-0.2, 0) is 32.2 Å². The highest BCUT2D eigenvalue weighted by atomic mass is 17.2. The molecule has 2 aliphatic rings. The second-order valence-electron chi connectivity index (χ2n) is 3.95. The lowest BCUT2D eigenvalue weighted by molar-refractivity contribution is -0.235. The van der Waals surface area contributed by atoms with Gasteiger partial charge in [0.05, 0.1) is 0 Å². The molecule has 4 heteroatoms. The molecule has 1 aromatic rings. The van der Waals surface area contributed by atoms with Gasteiger partial charge in [-0.15, -0.1) is 0 Å². The number of rotatable bonds is 0. The van der Waals surface area contributed by atoms with Gasteiger partial charge in [-0.3, -0.25) is 0 Å². The Labute approximate surface area is 85.7 Å². The average molecular weight is 204 g/mol. The summed E-state index contributed by atoms with van der Waals surface area (Å²) in [4.78, 5) is 31.7. The van der Waals surface area contributed by atoms with Gasteiger partial charge in [-0.1, -0.05) is 24.3 Å². The molecule has 76 valence electrons. The summed E-state index contributed by atoms with van der Waals surface area (Å²) in [5.41, 5.74) is 0.936. The van der Waals surface area contributed by atoms with Crippen molar-refractivity contribution in [1.82, 2.24) is 0 Å². The molecule has 1 heterocycles. The minimum atomic E-state index is -1.11. The SMILES string of the molecule is O=C1OOC(=O)C12Cc1ccccc1C2. The third kappa shape index (κ3) is 0.960. The summed E-state index contributed by atoms with van der Waals surface area (Å²) in [5, 5.41) is 0. The zero-order valence-corrected chi connectivity index (χ0v) is 7.86. The van der Waals surface area contributed by atoms with Crippen LogP contribution in [0.1, 0.15) is 11.1 Å². The van der Waals surface area contributed by atoms with Crippen LogP contribution in [-0.4, -0.2) is 11.9 Å². The smallest absolute Gasteiger partial charge is 0.246 e. The van der Waals surface area contributed by atoms with Crippen LogP contribution in [0.25, 0.3) is 0 Å². The molecule has 0 saturated carbocycles. The van der Waals surface area contributed by atoms with Crippen molar-refractivity contribution in [3.63, 3.8) is 0 Å². The number of carbonyl (C=O) groups is 2. The summed E-state index contributed by atoms with van der Waals surface area (Å²) >= 11 is 0. The van der Waals surface area contributed by atoms with E-state index in [4.69, 9.17) is 0 Å². The molecule has 1 saturated heterocycles. The third-order valence-electron chi connectivity index (χ3n) is 3.08. The van der Waals surface area contributed by atoms with Gasteiger partial charge in [0.1, 0.15) is 0 Å². The third-order valence-corrected chi connectivity index (χ3v) is 3.08. The first-order chi connectivity index (χ1) is 7.22. The highest BCUT2D eigenvalue weighted by Gasteiger charge is 2.58. The predicted molar refractivity (Wildman–Crippen MR) is 48.5 cm³/mol. The van der Waals surface area contributed by atoms with Crippen molar-refractivity contribution >= 4 is 11.9 Å². The summed E-state index contributed by atoms with van der Waals surface area (Å²) in [6.45, 7) is 0. The van der Waals surface area contributed by atoms with Gasteiger partial charge in [-0.25, -0.2) is 19.4 Å². The Morgan fingerprint density at radius 3 is 1.87 bits per heavy atom. The zero-order chi connectivity index (χ0) is 10.5. The molecule has 1 spiro atoms. The van der Waals surface area contributed by atoms with E-state index in [-0.39, 0.29) is 0 Å². The molecule has 0 unspecified atom stereocenters. The van der Waals surface area contributed by atoms with Gasteiger partial charge < -0.3 is 0 Å². The van der Waals surface area contributed by atoms with Crippen molar-refractivity contribution in [3.05, 3.63) is 35.4 Å². The second kappa shape index (κ2) is 2.59. The lowest BCUT2D eigenvalue weighted by atomic mass is 9.85. The molecule has 15 heavy (non-hydrogen) atoms. The zero-order valence-electron chi connectivity index (χ0n) is 7.86. The van der Waals surface area contributed by atoms with Crippen molar-refractivity contribution < 1.29 is 19.4 Å². The number of fused-ring (bicyclic) bond motifs is 1. The summed E-state index contributed by atoms with van der Waals surface area (Å²) < 4.78 is 0. The number of benzene rings is 1. The maximum absolute atomic E-state index is 11.5. The van der Waals surface area contributed by atoms with E-state index in [1.54, 1.807) is 0 Å². The Morgan fingerprint density at radius 1 is 0.933 bits per heavy atom. The van der Waals surface area contributed by atoms with Gasteiger partial charge in [0.15, 0.2) is 5.41 Å². The van der Waals surface area contributed by atoms with E-state index in [9.17, 15) is 9.59 Å². The van der Waals surface area contributed by atoms with E-state index >= 15 is 0 Å². The molecule has 1 aromatic carbocycles. The average Bonchev–Trinajstić information content (AvgIpc) is 2.75. The van der Waals surface area contributed by atoms with E-state index in [2.05, 4.69) is 9.78 Å². The molecule has 3 rings (SSSR count). The maximum atomic E-state index is 11.5. The van der Waals surface area contributed by atoms with Gasteiger partial charge in [0.25, 0.3) is 0 Å². The van der Waals surface area contributed by atoms with E-state index in [1.807, 2.05) is 24.3 Å². The first kappa shape index (κ1) is 8.47. The summed E-state index contributed by atoms with van der Waals surface area (Å²) in [7, 11) is 0. The van der Waals surface area contributed by atoms with Crippen LogP contribution in [0.3, 0.4) is 0 Å². The fraction of sp³-hybridized carbons (Fsp3) is 0.273. The molecule has 0 radical (unpaired) electrons. The highest BCUT2D eigenvalue weighted by Crippen LogP contribution is 2.42. The molecule has 0 atom stereocenters. The quantitative estimate of drug-likeness (QED) is 0.463. The number of hydrogen-bond acceptors (Lipinski definition) is 4. The first-order valence-electron chi connectivity index (χ1n) is 4.72. The van der Waals surface area contributed by atoms with E-state index in [0.717, 1.165) is 11.1 Å². The van der Waals surface area contributed by atoms with Crippen LogP contribution < -0.4 is 0 Å². The van der Waals surface area contributed by atoms with Crippen LogP contribution in [0.2, 0.25) is 0 Å². The minimum Gasteiger partial charge on any atom is -0.246 e. The topological polar surface area (TPSA) is 52.6 Å². The van der Waals surface area contributed by atoms with E-state index in [1.165, 1.54) is 0 Å². The van der Waals surface area contributed by atoms with Crippen LogP contribution in [0, 0.1) is 5.41 Å². The molecule has 1 fully saturated rings. The Morgan fingerprint density at radius 2 is 1.40 bits per heavy atom. The standard InChI is InChI=1S/C11H8O4/c12-9-11(10(13)15-14-9)5-7-3-1-2-4-8(7)6-11/h1-4H,5-6H2. The fourth-order valence-electron chi connectivity index (χ4n) is 2.22. The Balaban J connectivity index is 2.07. The predicted octanol–water partition coefficient (Wildman–Crippen LogP) is 0.787. The molecular weight excluding hydrogens is 196 g/mol. The summed E-state index contributed by atoms with van der Waals surface area (Å²) in [6.07, 6.45) is 0.779. The molecule has 0 aromatic heterocycles. The molecular formula is C11H8O4. The van der Waals surface area contributed by atoms with Crippen LogP contribution >= 0.6 is 0 Å². The van der Waals surface area contributed by atoms with Gasteiger partial charge in [-0.05, 0) is 11.1 Å². The second-order valence-corrected chi connectivity index (χ2v) is 3.95. The molecule has 1 aliphatic carbocycles. The van der Waals surface area contributed by atoms with E-state index in [0.29, 0.717) is 12.8 Å². The van der Waals surface area contributed by atoms with Crippen LogP contribution in [0.5, 0.6) is 0 Å². The van der Waals surface area contributed by atoms with Crippen molar-refractivity contribution in [2.24, 2.45) is 5.41 Å². The minimum absolute atomic E-state index is 0.390.